The lowest BCUT2D eigenvalue weighted by molar-refractivity contribution is -0.141. The number of hydrogen-bond acceptors (Lipinski definition) is 4. The van der Waals surface area contributed by atoms with E-state index in [1.54, 1.807) is 24.0 Å². The number of carbonyl (C=O) groups excluding carboxylic acids is 2. The van der Waals surface area contributed by atoms with E-state index in [-0.39, 0.29) is 37.4 Å². The van der Waals surface area contributed by atoms with Gasteiger partial charge in [0, 0.05) is 30.6 Å². The monoisotopic (exact) mass is 561 g/mol. The van der Waals surface area contributed by atoms with E-state index >= 15 is 0 Å². The number of nitrogens with zero attached hydrogens (tertiary/aromatic N) is 2. The maximum atomic E-state index is 13.5. The van der Waals surface area contributed by atoms with Gasteiger partial charge < -0.3 is 10.2 Å². The molecule has 0 aliphatic heterocycles. The molecule has 1 saturated carbocycles. The Hall–Kier alpha value is -2.58. The van der Waals surface area contributed by atoms with Crippen molar-refractivity contribution in [2.75, 3.05) is 17.1 Å². The lowest BCUT2D eigenvalue weighted by atomic mass is 9.95. The highest BCUT2D eigenvalue weighted by atomic mass is 35.5. The number of amides is 2. The second-order valence-corrected chi connectivity index (χ2v) is 12.7. The molecule has 7 nitrogen and oxygen atoms in total. The lowest BCUT2D eigenvalue weighted by Gasteiger charge is -2.31. The summed E-state index contributed by atoms with van der Waals surface area (Å²) in [6.45, 7) is 5.99. The van der Waals surface area contributed by atoms with E-state index in [2.05, 4.69) is 5.32 Å². The molecule has 208 valence electrons. The Morgan fingerprint density at radius 1 is 1.05 bits per heavy atom. The minimum absolute atomic E-state index is 0.117. The molecule has 0 unspecified atom stereocenters. The molecular formula is C29H40ClN3O4S. The van der Waals surface area contributed by atoms with Crippen LogP contribution >= 0.6 is 11.6 Å². The molecule has 9 heteroatoms. The van der Waals surface area contributed by atoms with Crippen molar-refractivity contribution in [1.29, 1.82) is 0 Å². The summed E-state index contributed by atoms with van der Waals surface area (Å²) in [6, 6.07) is 12.4. The van der Waals surface area contributed by atoms with Crippen LogP contribution < -0.4 is 9.62 Å². The summed E-state index contributed by atoms with van der Waals surface area (Å²) in [7, 11) is -3.54. The molecule has 2 aromatic rings. The van der Waals surface area contributed by atoms with Gasteiger partial charge in [0.1, 0.15) is 6.04 Å². The number of halogens is 1. The van der Waals surface area contributed by atoms with Crippen LogP contribution in [-0.4, -0.2) is 50.0 Å². The van der Waals surface area contributed by atoms with Gasteiger partial charge in [-0.1, -0.05) is 55.1 Å². The fourth-order valence-corrected chi connectivity index (χ4v) is 6.05. The number of rotatable bonds is 11. The molecule has 1 aliphatic carbocycles. The summed E-state index contributed by atoms with van der Waals surface area (Å²) in [6.07, 6.45) is 6.94. The quantitative estimate of drug-likeness (QED) is 0.399. The standard InChI is InChI=1S/C29H40ClN3O4S/c1-21-12-13-22(2)27(19-21)33(38(4,36)37)18-8-11-28(34)32(20-24-14-16-25(30)17-15-24)23(3)29(35)31-26-9-6-5-7-10-26/h12-17,19,23,26H,5-11,18,20H2,1-4H3,(H,31,35)/t23-/m1/s1. The number of anilines is 1. The molecule has 0 bridgehead atoms. The molecule has 0 radical (unpaired) electrons. The maximum absolute atomic E-state index is 13.5. The first-order valence-electron chi connectivity index (χ1n) is 13.3. The molecule has 38 heavy (non-hydrogen) atoms. The van der Waals surface area contributed by atoms with Crippen molar-refractivity contribution in [2.45, 2.75) is 84.3 Å². The minimum Gasteiger partial charge on any atom is -0.352 e. The topological polar surface area (TPSA) is 86.8 Å². The molecule has 0 heterocycles. The molecule has 1 fully saturated rings. The highest BCUT2D eigenvalue weighted by Gasteiger charge is 2.28. The van der Waals surface area contributed by atoms with Gasteiger partial charge in [-0.2, -0.15) is 0 Å². The van der Waals surface area contributed by atoms with Crippen molar-refractivity contribution < 1.29 is 18.0 Å². The van der Waals surface area contributed by atoms with Gasteiger partial charge in [-0.05, 0) is 74.9 Å². The third-order valence-electron chi connectivity index (χ3n) is 7.17. The van der Waals surface area contributed by atoms with E-state index in [0.29, 0.717) is 17.1 Å². The zero-order valence-corrected chi connectivity index (χ0v) is 24.4. The van der Waals surface area contributed by atoms with Crippen molar-refractivity contribution >= 4 is 39.1 Å². The molecule has 0 aromatic heterocycles. The van der Waals surface area contributed by atoms with Crippen molar-refractivity contribution in [3.63, 3.8) is 0 Å². The molecule has 1 aliphatic rings. The van der Waals surface area contributed by atoms with Gasteiger partial charge in [0.2, 0.25) is 21.8 Å². The predicted octanol–water partition coefficient (Wildman–Crippen LogP) is 5.37. The Bertz CT molecular complexity index is 1210. The van der Waals surface area contributed by atoms with E-state index < -0.39 is 16.1 Å². The smallest absolute Gasteiger partial charge is 0.242 e. The van der Waals surface area contributed by atoms with Crippen molar-refractivity contribution in [3.8, 4) is 0 Å². The van der Waals surface area contributed by atoms with Gasteiger partial charge in [0.05, 0.1) is 11.9 Å². The fourth-order valence-electron chi connectivity index (χ4n) is 4.91. The van der Waals surface area contributed by atoms with Crippen LogP contribution in [0, 0.1) is 13.8 Å². The largest absolute Gasteiger partial charge is 0.352 e. The van der Waals surface area contributed by atoms with Crippen LogP contribution in [0.25, 0.3) is 0 Å². The Balaban J connectivity index is 1.73. The zero-order valence-electron chi connectivity index (χ0n) is 22.9. The molecule has 3 rings (SSSR count). The van der Waals surface area contributed by atoms with Gasteiger partial charge in [0.25, 0.3) is 0 Å². The Labute approximate surface area is 232 Å². The van der Waals surface area contributed by atoms with Crippen LogP contribution in [0.1, 0.15) is 68.6 Å². The number of nitrogens with one attached hydrogen (secondary N) is 1. The fraction of sp³-hybridized carbons (Fsp3) is 0.517. The predicted molar refractivity (Wildman–Crippen MR) is 154 cm³/mol. The molecule has 2 amide bonds. The second kappa shape index (κ2) is 13.5. The van der Waals surface area contributed by atoms with Gasteiger partial charge in [-0.25, -0.2) is 8.42 Å². The van der Waals surface area contributed by atoms with Crippen LogP contribution in [-0.2, 0) is 26.2 Å². The molecule has 0 saturated heterocycles. The number of benzene rings is 2. The number of carbonyl (C=O) groups is 2. The van der Waals surface area contributed by atoms with E-state index in [1.807, 2.05) is 44.2 Å². The Morgan fingerprint density at radius 3 is 2.34 bits per heavy atom. The van der Waals surface area contributed by atoms with Gasteiger partial charge in [-0.3, -0.25) is 13.9 Å². The van der Waals surface area contributed by atoms with Gasteiger partial charge in [0.15, 0.2) is 0 Å². The summed E-state index contributed by atoms with van der Waals surface area (Å²) in [5, 5.41) is 3.73. The van der Waals surface area contributed by atoms with Crippen molar-refractivity contribution in [1.82, 2.24) is 10.2 Å². The summed E-state index contributed by atoms with van der Waals surface area (Å²) in [5.74, 6) is -0.354. The Morgan fingerprint density at radius 2 is 1.71 bits per heavy atom. The average molecular weight is 562 g/mol. The van der Waals surface area contributed by atoms with Crippen LogP contribution in [0.4, 0.5) is 5.69 Å². The van der Waals surface area contributed by atoms with Crippen LogP contribution in [0.3, 0.4) is 0 Å². The highest BCUT2D eigenvalue weighted by molar-refractivity contribution is 7.92. The molecule has 1 atom stereocenters. The summed E-state index contributed by atoms with van der Waals surface area (Å²) in [4.78, 5) is 28.2. The van der Waals surface area contributed by atoms with E-state index in [0.717, 1.165) is 42.4 Å². The zero-order chi connectivity index (χ0) is 27.9. The first kappa shape index (κ1) is 30.0. The molecule has 0 spiro atoms. The molecular weight excluding hydrogens is 522 g/mol. The van der Waals surface area contributed by atoms with E-state index in [1.165, 1.54) is 17.0 Å². The second-order valence-electron chi connectivity index (χ2n) is 10.4. The maximum Gasteiger partial charge on any atom is 0.242 e. The lowest BCUT2D eigenvalue weighted by Crippen LogP contribution is -2.50. The number of aryl methyl sites for hydroxylation is 2. The van der Waals surface area contributed by atoms with E-state index in [9.17, 15) is 18.0 Å². The third-order valence-corrected chi connectivity index (χ3v) is 8.60. The first-order chi connectivity index (χ1) is 18.0. The van der Waals surface area contributed by atoms with Crippen LogP contribution in [0.15, 0.2) is 42.5 Å². The SMILES string of the molecule is Cc1ccc(C)c(N(CCCC(=O)N(Cc2ccc(Cl)cc2)[C@H](C)C(=O)NC2CCCCC2)S(C)(=O)=O)c1. The third kappa shape index (κ3) is 8.46. The van der Waals surface area contributed by atoms with Crippen molar-refractivity contribution in [2.24, 2.45) is 0 Å². The summed E-state index contributed by atoms with van der Waals surface area (Å²) >= 11 is 6.04. The number of sulfonamides is 1. The van der Waals surface area contributed by atoms with Gasteiger partial charge in [-0.15, -0.1) is 0 Å². The normalized spacial score (nSPS) is 15.1. The van der Waals surface area contributed by atoms with Crippen LogP contribution in [0.5, 0.6) is 0 Å². The average Bonchev–Trinajstić information content (AvgIpc) is 2.87. The molecule has 2 aromatic carbocycles. The molecule has 1 N–H and O–H groups in total. The number of hydrogen-bond donors (Lipinski definition) is 1. The summed E-state index contributed by atoms with van der Waals surface area (Å²) < 4.78 is 26.6. The van der Waals surface area contributed by atoms with E-state index in [4.69, 9.17) is 11.6 Å². The van der Waals surface area contributed by atoms with Crippen molar-refractivity contribution in [3.05, 3.63) is 64.2 Å². The Kier molecular flexibility index (Phi) is 10.6. The highest BCUT2D eigenvalue weighted by Crippen LogP contribution is 2.25. The minimum atomic E-state index is -3.54. The first-order valence-corrected chi connectivity index (χ1v) is 15.6. The summed E-state index contributed by atoms with van der Waals surface area (Å²) in [5.41, 5.74) is 3.30. The van der Waals surface area contributed by atoms with Gasteiger partial charge >= 0.3 is 0 Å². The van der Waals surface area contributed by atoms with Crippen LogP contribution in [0.2, 0.25) is 5.02 Å².